The number of alkyl carbamates (subject to hydrolysis) is 1. The van der Waals surface area contributed by atoms with Crippen molar-refractivity contribution in [3.63, 3.8) is 0 Å². The second-order valence-electron chi connectivity index (χ2n) is 10.9. The highest BCUT2D eigenvalue weighted by atomic mass is 19.1. The van der Waals surface area contributed by atoms with Crippen molar-refractivity contribution in [1.82, 2.24) is 14.5 Å². The van der Waals surface area contributed by atoms with E-state index in [1.165, 1.54) is 38.3 Å². The zero-order valence-corrected chi connectivity index (χ0v) is 24.4. The second kappa shape index (κ2) is 12.6. The molecular weight excluding hydrogens is 563 g/mol. The first-order chi connectivity index (χ1) is 20.3. The van der Waals surface area contributed by atoms with Gasteiger partial charge in [-0.25, -0.2) is 22.8 Å². The molecule has 4 rings (SSSR count). The summed E-state index contributed by atoms with van der Waals surface area (Å²) in [5.41, 5.74) is -2.89. The summed E-state index contributed by atoms with van der Waals surface area (Å²) in [6, 6.07) is 15.1. The van der Waals surface area contributed by atoms with E-state index < -0.39 is 65.1 Å². The molecule has 0 unspecified atom stereocenters. The molecule has 1 heterocycles. The Kier molecular flexibility index (Phi) is 9.13. The van der Waals surface area contributed by atoms with Crippen LogP contribution in [0.2, 0.25) is 0 Å². The van der Waals surface area contributed by atoms with E-state index in [1.807, 2.05) is 0 Å². The average Bonchev–Trinajstić information content (AvgIpc) is 2.94. The molecule has 8 nitrogen and oxygen atoms in total. The molecule has 0 fully saturated rings. The zero-order chi connectivity index (χ0) is 31.5. The minimum absolute atomic E-state index is 0.0163. The van der Waals surface area contributed by atoms with Crippen LogP contribution in [0.3, 0.4) is 0 Å². The number of carbonyl (C=O) groups excluding carboxylic acids is 1. The summed E-state index contributed by atoms with van der Waals surface area (Å²) in [4.78, 5) is 40.8. The van der Waals surface area contributed by atoms with Crippen LogP contribution in [0.4, 0.5) is 18.0 Å². The third kappa shape index (κ3) is 6.82. The fourth-order valence-electron chi connectivity index (χ4n) is 4.71. The van der Waals surface area contributed by atoms with Crippen molar-refractivity contribution in [2.24, 2.45) is 0 Å². The molecule has 0 saturated heterocycles. The summed E-state index contributed by atoms with van der Waals surface area (Å²) in [6.45, 7) is 5.46. The number of rotatable bonds is 8. The standard InChI is InChI=1S/C32H32F3N3O5/c1-19-27(21-13-9-16-26(42-5)28(21)35)29(39)38(31(41)37(19)17-22-23(33)14-10-15-24(22)34)18-25(20-11-7-6-8-12-20)36-30(40)43-32(2,3)4/h6-16,25H,17-18H2,1-5H3,(H,36,40)/t25-/m1/s1. The van der Waals surface area contributed by atoms with Crippen molar-refractivity contribution in [3.8, 4) is 16.9 Å². The highest BCUT2D eigenvalue weighted by Crippen LogP contribution is 2.29. The predicted molar refractivity (Wildman–Crippen MR) is 156 cm³/mol. The lowest BCUT2D eigenvalue weighted by atomic mass is 10.0. The number of amides is 1. The van der Waals surface area contributed by atoms with Crippen LogP contribution in [-0.4, -0.2) is 27.9 Å². The molecule has 0 bridgehead atoms. The van der Waals surface area contributed by atoms with Gasteiger partial charge in [0.25, 0.3) is 5.56 Å². The fourth-order valence-corrected chi connectivity index (χ4v) is 4.71. The SMILES string of the molecule is COc1cccc(-c2c(C)n(Cc3c(F)cccc3F)c(=O)n(C[C@@H](NC(=O)OC(C)(C)C)c3ccccc3)c2=O)c1F. The van der Waals surface area contributed by atoms with Gasteiger partial charge in [-0.1, -0.05) is 48.5 Å². The molecule has 4 aromatic rings. The largest absolute Gasteiger partial charge is 0.494 e. The molecule has 0 aliphatic carbocycles. The fraction of sp³-hybridized carbons (Fsp3) is 0.281. The quantitative estimate of drug-likeness (QED) is 0.281. The minimum Gasteiger partial charge on any atom is -0.494 e. The third-order valence-corrected chi connectivity index (χ3v) is 6.78. The first kappa shape index (κ1) is 31.1. The number of methoxy groups -OCH3 is 1. The molecule has 0 spiro atoms. The van der Waals surface area contributed by atoms with Crippen LogP contribution in [0.25, 0.3) is 11.1 Å². The zero-order valence-electron chi connectivity index (χ0n) is 24.4. The molecule has 11 heteroatoms. The Bertz CT molecular complexity index is 1740. The third-order valence-electron chi connectivity index (χ3n) is 6.78. The number of hydrogen-bond acceptors (Lipinski definition) is 5. The Morgan fingerprint density at radius 3 is 2.14 bits per heavy atom. The van der Waals surface area contributed by atoms with Crippen molar-refractivity contribution >= 4 is 6.09 Å². The molecule has 1 aromatic heterocycles. The topological polar surface area (TPSA) is 91.6 Å². The van der Waals surface area contributed by atoms with Gasteiger partial charge in [0.1, 0.15) is 17.2 Å². The predicted octanol–water partition coefficient (Wildman–Crippen LogP) is 5.73. The Balaban J connectivity index is 1.96. The van der Waals surface area contributed by atoms with Crippen LogP contribution in [0, 0.1) is 24.4 Å². The number of aromatic nitrogens is 2. The van der Waals surface area contributed by atoms with Gasteiger partial charge in [-0.3, -0.25) is 13.9 Å². The number of nitrogens with one attached hydrogen (secondary N) is 1. The molecule has 0 radical (unpaired) electrons. The molecule has 226 valence electrons. The normalized spacial score (nSPS) is 12.1. The summed E-state index contributed by atoms with van der Waals surface area (Å²) >= 11 is 0. The Hall–Kier alpha value is -4.80. The highest BCUT2D eigenvalue weighted by Gasteiger charge is 2.27. The molecular formula is C32H32F3N3O5. The smallest absolute Gasteiger partial charge is 0.408 e. The van der Waals surface area contributed by atoms with Crippen molar-refractivity contribution in [2.45, 2.75) is 52.4 Å². The first-order valence-corrected chi connectivity index (χ1v) is 13.5. The van der Waals surface area contributed by atoms with Crippen molar-refractivity contribution < 1.29 is 27.4 Å². The van der Waals surface area contributed by atoms with Crippen LogP contribution in [0.5, 0.6) is 5.75 Å². The molecule has 43 heavy (non-hydrogen) atoms. The van der Waals surface area contributed by atoms with Crippen molar-refractivity contribution in [1.29, 1.82) is 0 Å². The van der Waals surface area contributed by atoms with Gasteiger partial charge in [0.2, 0.25) is 0 Å². The van der Waals surface area contributed by atoms with Gasteiger partial charge < -0.3 is 14.8 Å². The van der Waals surface area contributed by atoms with E-state index >= 15 is 4.39 Å². The molecule has 3 aromatic carbocycles. The van der Waals surface area contributed by atoms with Gasteiger partial charge in [-0.2, -0.15) is 0 Å². The highest BCUT2D eigenvalue weighted by molar-refractivity contribution is 5.69. The molecule has 1 atom stereocenters. The number of carbonyl (C=O) groups is 1. The molecule has 0 aliphatic heterocycles. The Morgan fingerprint density at radius 2 is 1.53 bits per heavy atom. The number of hydrogen-bond donors (Lipinski definition) is 1. The van der Waals surface area contributed by atoms with E-state index in [4.69, 9.17) is 9.47 Å². The number of ether oxygens (including phenoxy) is 2. The lowest BCUT2D eigenvalue weighted by molar-refractivity contribution is 0.0497. The van der Waals surface area contributed by atoms with Crippen LogP contribution in [0.15, 0.2) is 76.3 Å². The number of benzene rings is 3. The average molecular weight is 596 g/mol. The van der Waals surface area contributed by atoms with Gasteiger partial charge in [-0.05, 0) is 51.5 Å². The van der Waals surface area contributed by atoms with Crippen molar-refractivity contribution in [2.75, 3.05) is 7.11 Å². The summed E-state index contributed by atoms with van der Waals surface area (Å²) in [5, 5.41) is 2.70. The molecule has 0 saturated carbocycles. The summed E-state index contributed by atoms with van der Waals surface area (Å²) in [5.74, 6) is -2.79. The second-order valence-corrected chi connectivity index (χ2v) is 10.9. The summed E-state index contributed by atoms with van der Waals surface area (Å²) in [7, 11) is 1.27. The van der Waals surface area contributed by atoms with E-state index in [0.717, 1.165) is 21.3 Å². The lowest BCUT2D eigenvalue weighted by Gasteiger charge is -2.25. The number of nitrogens with zero attached hydrogens (tertiary/aromatic N) is 2. The van der Waals surface area contributed by atoms with Gasteiger partial charge in [0.05, 0.1) is 31.8 Å². The number of halogens is 3. The van der Waals surface area contributed by atoms with E-state index in [9.17, 15) is 23.2 Å². The minimum atomic E-state index is -0.953. The van der Waals surface area contributed by atoms with Crippen LogP contribution < -0.4 is 21.3 Å². The van der Waals surface area contributed by atoms with Crippen LogP contribution in [0.1, 0.15) is 43.6 Å². The maximum Gasteiger partial charge on any atom is 0.408 e. The van der Waals surface area contributed by atoms with Gasteiger partial charge in [-0.15, -0.1) is 0 Å². The van der Waals surface area contributed by atoms with E-state index in [1.54, 1.807) is 51.1 Å². The van der Waals surface area contributed by atoms with Gasteiger partial charge >= 0.3 is 11.8 Å². The van der Waals surface area contributed by atoms with E-state index in [-0.39, 0.29) is 22.6 Å². The molecule has 1 amide bonds. The maximum absolute atomic E-state index is 15.5. The Morgan fingerprint density at radius 1 is 0.907 bits per heavy atom. The monoisotopic (exact) mass is 595 g/mol. The van der Waals surface area contributed by atoms with E-state index in [2.05, 4.69) is 5.32 Å². The lowest BCUT2D eigenvalue weighted by Crippen LogP contribution is -2.46. The van der Waals surface area contributed by atoms with E-state index in [0.29, 0.717) is 5.56 Å². The first-order valence-electron chi connectivity index (χ1n) is 13.5. The Labute approximate surface area is 246 Å². The van der Waals surface area contributed by atoms with Gasteiger partial charge in [0, 0.05) is 16.8 Å². The van der Waals surface area contributed by atoms with Crippen LogP contribution >= 0.6 is 0 Å². The van der Waals surface area contributed by atoms with Gasteiger partial charge in [0.15, 0.2) is 11.6 Å². The summed E-state index contributed by atoms with van der Waals surface area (Å²) in [6.07, 6.45) is -0.797. The molecule has 0 aliphatic rings. The maximum atomic E-state index is 15.5. The molecule has 1 N–H and O–H groups in total. The van der Waals surface area contributed by atoms with Crippen molar-refractivity contribution in [3.05, 3.63) is 122 Å². The summed E-state index contributed by atoms with van der Waals surface area (Å²) < 4.78 is 57.3. The van der Waals surface area contributed by atoms with Crippen LogP contribution in [-0.2, 0) is 17.8 Å².